The molecule has 0 saturated heterocycles. The van der Waals surface area contributed by atoms with Crippen molar-refractivity contribution < 1.29 is 20.3 Å². The Hall–Kier alpha value is -3.25. The minimum Gasteiger partial charge on any atom is 1.00 e. The second-order valence-corrected chi connectivity index (χ2v) is 45.0. The van der Waals surface area contributed by atoms with Crippen molar-refractivity contribution in [2.75, 3.05) is 4.81 Å². The number of nitrogens with zero attached hydrogens (tertiary/aromatic N) is 1. The molecule has 0 bridgehead atoms. The predicted molar refractivity (Wildman–Crippen MR) is 303 cm³/mol. The Bertz CT molecular complexity index is 2830. The number of unbranched alkanes of at least 4 members (excludes halogenated alkanes) is 1. The van der Waals surface area contributed by atoms with Gasteiger partial charge in [0.1, 0.15) is 0 Å². The van der Waals surface area contributed by atoms with Crippen LogP contribution >= 0.6 is 34.4 Å². The Morgan fingerprint density at radius 2 is 0.806 bits per heavy atom. The molecule has 8 aromatic carbocycles. The SMILES string of the molecule is C.ClB(Cl)Cl.[2HH].[CH2-]CCC.[CH3][Sn]1([CH3])[c]2cccc(-c3ccccc3)c2Cc2c(-c3ccccc3)ccc[c]21.[CH3][Sn]1([CH3])[c]2cccc3c2N2B(c4ccccc4-3)c3ccccc3-c3ccc[c]1c32.[Li+]. The van der Waals surface area contributed by atoms with E-state index in [2.05, 4.69) is 220 Å². The van der Waals surface area contributed by atoms with E-state index in [0.29, 0.717) is 0 Å². The number of fused-ring (bicyclic) bond motifs is 8. The van der Waals surface area contributed by atoms with Crippen LogP contribution in [-0.2, 0) is 6.42 Å². The van der Waals surface area contributed by atoms with Gasteiger partial charge in [0.05, 0.1) is 0 Å². The van der Waals surface area contributed by atoms with Gasteiger partial charge in [-0.3, -0.25) is 0 Å². The Morgan fingerprint density at radius 3 is 1.19 bits per heavy atom. The van der Waals surface area contributed by atoms with Gasteiger partial charge in [-0.15, -0.1) is 0 Å². The first-order valence-corrected chi connectivity index (χ1v) is 41.2. The molecule has 4 aliphatic heterocycles. The molecule has 0 aromatic heterocycles. The molecule has 9 heteroatoms. The molecule has 4 heterocycles. The van der Waals surface area contributed by atoms with Gasteiger partial charge in [0.2, 0.25) is 0 Å². The van der Waals surface area contributed by atoms with Gasteiger partial charge in [0.15, 0.2) is 0 Å². The van der Waals surface area contributed by atoms with Gasteiger partial charge < -0.3 is 6.92 Å². The Labute approximate surface area is 438 Å². The molecule has 0 atom stereocenters. The Kier molecular flexibility index (Phi) is 16.8. The number of rotatable bonds is 3. The molecule has 4 aliphatic rings. The van der Waals surface area contributed by atoms with Gasteiger partial charge in [-0.1, -0.05) is 20.8 Å². The number of hydrogen-bond donors (Lipinski definition) is 0. The molecule has 0 aliphatic carbocycles. The molecule has 332 valence electrons. The summed E-state index contributed by atoms with van der Waals surface area (Å²) in [6, 6.07) is 68.0. The number of para-hydroxylation sites is 2. The molecule has 0 radical (unpaired) electrons. The van der Waals surface area contributed by atoms with Crippen molar-refractivity contribution in [1.29, 1.82) is 0 Å². The minimum atomic E-state index is -2.70. The second-order valence-electron chi connectivity index (χ2n) is 18.3. The van der Waals surface area contributed by atoms with E-state index in [-0.39, 0.29) is 34.6 Å². The normalized spacial score (nSPS) is 13.7. The summed E-state index contributed by atoms with van der Waals surface area (Å²) < 4.78 is 6.60. The van der Waals surface area contributed by atoms with Crippen LogP contribution in [0, 0.1) is 6.92 Å². The van der Waals surface area contributed by atoms with Crippen molar-refractivity contribution in [2.45, 2.75) is 53.4 Å². The van der Waals surface area contributed by atoms with E-state index >= 15 is 0 Å². The first-order chi connectivity index (χ1) is 31.5. The summed E-state index contributed by atoms with van der Waals surface area (Å²) in [4.78, 5) is 12.3. The quantitative estimate of drug-likeness (QED) is 0.126. The molecule has 0 saturated carbocycles. The van der Waals surface area contributed by atoms with E-state index in [1.54, 1.807) is 25.4 Å². The predicted octanol–water partition coefficient (Wildman–Crippen LogP) is 10.7. The van der Waals surface area contributed by atoms with Crippen LogP contribution in [0.5, 0.6) is 0 Å². The maximum absolute atomic E-state index is 4.81. The number of anilines is 2. The molecule has 0 unspecified atom stereocenters. The van der Waals surface area contributed by atoms with Crippen LogP contribution in [0.15, 0.2) is 182 Å². The van der Waals surface area contributed by atoms with Crippen molar-refractivity contribution >= 4 is 120 Å². The van der Waals surface area contributed by atoms with Gasteiger partial charge in [0.25, 0.3) is 0 Å². The van der Waals surface area contributed by atoms with Gasteiger partial charge in [-0.2, -0.15) is 40.8 Å². The first kappa shape index (κ1) is 51.6. The van der Waals surface area contributed by atoms with Crippen molar-refractivity contribution in [3.8, 4) is 44.5 Å². The first-order valence-electron chi connectivity index (χ1n) is 22.8. The largest absolute Gasteiger partial charge is 1.00 e. The van der Waals surface area contributed by atoms with E-state index in [4.69, 9.17) is 34.4 Å². The molecule has 8 aromatic rings. The van der Waals surface area contributed by atoms with Crippen molar-refractivity contribution in [3.63, 3.8) is 0 Å². The molecule has 12 rings (SSSR count). The molecule has 0 spiro atoms. The average molecular weight is 1140 g/mol. The Balaban J connectivity index is 0.000000187. The van der Waals surface area contributed by atoms with Crippen molar-refractivity contribution in [3.05, 3.63) is 200 Å². The van der Waals surface area contributed by atoms with E-state index in [0.717, 1.165) is 12.8 Å². The smallest absolute Gasteiger partial charge is 1.00 e. The van der Waals surface area contributed by atoms with E-state index in [1.165, 1.54) is 73.2 Å². The summed E-state index contributed by atoms with van der Waals surface area (Å²) in [7, 11) is 0. The molecule has 1 nitrogen and oxygen atoms in total. The van der Waals surface area contributed by atoms with Gasteiger partial charge in [-0.05, 0) is 0 Å². The third-order valence-corrected chi connectivity index (χ3v) is 34.2. The van der Waals surface area contributed by atoms with Crippen LogP contribution in [0.4, 0.5) is 11.4 Å². The molecular weight excluding hydrogens is 1080 g/mol. The maximum Gasteiger partial charge on any atom is 1.00 e. The number of halogens is 3. The topological polar surface area (TPSA) is 3.24 Å². The Morgan fingerprint density at radius 1 is 0.493 bits per heavy atom. The summed E-state index contributed by atoms with van der Waals surface area (Å²) in [6.07, 6.45) is 3.31. The fourth-order valence-electron chi connectivity index (χ4n) is 10.8. The summed E-state index contributed by atoms with van der Waals surface area (Å²) in [6.45, 7) is 5.98. The van der Waals surface area contributed by atoms with Gasteiger partial charge in [0, 0.05) is 1.43 Å². The fraction of sp³-hybridized carbons (Fsp3) is 0.155. The molecule has 0 N–H and O–H groups in total. The zero-order valence-electron chi connectivity index (χ0n) is 38.9. The summed E-state index contributed by atoms with van der Waals surface area (Å²) >= 11 is 9.06. The summed E-state index contributed by atoms with van der Waals surface area (Å²) in [5.41, 5.74) is 20.1. The van der Waals surface area contributed by atoms with Gasteiger partial charge in [-0.25, -0.2) is 0 Å². The third-order valence-electron chi connectivity index (χ3n) is 13.8. The van der Waals surface area contributed by atoms with Crippen LogP contribution < -0.4 is 48.9 Å². The number of benzene rings is 8. The third kappa shape index (κ3) is 9.55. The standard InChI is InChI=1S/C25H18.C24H14BN.C4H9.CH4.4CH3.BCl3.Li.2Sn.H2/c1-3-11-20(12-4-1)24-17-9-7-15-22(24)19-23-16-8-10-18-25(23)21-13-5-2-6-14-21;1-5-13-21-17(9-1)19-11-3-7-15-23(19)26-24-16-8-4-12-20(24)18-10-2-6-14-22(18)25(21)26;1-3-4-2;;;;;;2-1(3)4;;;;/h1-14,17-18H,19H2;1-14H;1,3-4H2,2H3;1H4;4*1H3;;;;;1H/q;;-1;;;;;;;+1;;;/i;;;;;;;;;;;;1+1. The summed E-state index contributed by atoms with van der Waals surface area (Å²) in [5.74, 6) is 0. The zero-order valence-corrected chi connectivity index (χ0v) is 46.9. The molecule has 0 fully saturated rings. The van der Waals surface area contributed by atoms with Crippen LogP contribution in [0.3, 0.4) is 0 Å². The maximum atomic E-state index is 4.81. The van der Waals surface area contributed by atoms with Crippen LogP contribution in [0.1, 0.15) is 39.7 Å². The monoisotopic (exact) mass is 1140 g/mol. The summed E-state index contributed by atoms with van der Waals surface area (Å²) in [5, 5.41) is 0. The van der Waals surface area contributed by atoms with Crippen LogP contribution in [0.2, 0.25) is 19.8 Å². The van der Waals surface area contributed by atoms with E-state index in [1.807, 2.05) is 0 Å². The second kappa shape index (κ2) is 21.8. The van der Waals surface area contributed by atoms with Gasteiger partial charge >= 0.3 is 373 Å². The average Bonchev–Trinajstić information content (AvgIpc) is 3.33. The minimum absolute atomic E-state index is 0. The molecular formula is C58H59B2Cl3LiNSn2. The zero-order chi connectivity index (χ0) is 45.5. The van der Waals surface area contributed by atoms with Crippen LogP contribution in [-0.4, -0.2) is 48.6 Å². The molecule has 67 heavy (non-hydrogen) atoms. The van der Waals surface area contributed by atoms with Crippen molar-refractivity contribution in [2.24, 2.45) is 0 Å². The molecule has 0 amide bonds. The van der Waals surface area contributed by atoms with E-state index < -0.39 is 41.7 Å². The van der Waals surface area contributed by atoms with Crippen LogP contribution in [0.25, 0.3) is 44.5 Å². The fourth-order valence-corrected chi connectivity index (χ4v) is 28.7. The number of hydrogen-bond acceptors (Lipinski definition) is 1. The van der Waals surface area contributed by atoms with Crippen molar-refractivity contribution in [1.82, 2.24) is 0 Å². The van der Waals surface area contributed by atoms with E-state index in [9.17, 15) is 0 Å².